The van der Waals surface area contributed by atoms with Crippen LogP contribution in [0.4, 0.5) is 0 Å². The Bertz CT molecular complexity index is 569. The van der Waals surface area contributed by atoms with E-state index < -0.39 is 11.2 Å². The molecule has 0 radical (unpaired) electrons. The molecule has 6 heteroatoms. The molecule has 1 fully saturated rings. The molecule has 1 aliphatic carbocycles. The van der Waals surface area contributed by atoms with Gasteiger partial charge in [0.05, 0.1) is 5.56 Å². The molecule has 1 aromatic heterocycles. The van der Waals surface area contributed by atoms with Crippen molar-refractivity contribution in [1.82, 2.24) is 9.55 Å². The van der Waals surface area contributed by atoms with Gasteiger partial charge in [0.1, 0.15) is 0 Å². The molecule has 0 aliphatic heterocycles. The van der Waals surface area contributed by atoms with Crippen molar-refractivity contribution in [1.29, 1.82) is 0 Å². The Hall–Kier alpha value is -1.30. The maximum absolute atomic E-state index is 12.0. The van der Waals surface area contributed by atoms with E-state index >= 15 is 0 Å². The Morgan fingerprint density at radius 3 is 2.65 bits per heavy atom. The highest BCUT2D eigenvalue weighted by Gasteiger charge is 2.42. The van der Waals surface area contributed by atoms with Crippen LogP contribution in [0.3, 0.4) is 0 Å². The van der Waals surface area contributed by atoms with Gasteiger partial charge in [0.2, 0.25) is 0 Å². The molecule has 1 heterocycles. The van der Waals surface area contributed by atoms with Gasteiger partial charge in [-0.1, -0.05) is 0 Å². The minimum Gasteiger partial charge on any atom is -0.313 e. The fourth-order valence-electron chi connectivity index (χ4n) is 1.76. The molecule has 0 unspecified atom stereocenters. The summed E-state index contributed by atoms with van der Waals surface area (Å²) in [4.78, 5) is 37.3. The monoisotopic (exact) mass is 254 g/mol. The molecule has 0 saturated heterocycles. The quantitative estimate of drug-likeness (QED) is 0.800. The molecular weight excluding hydrogens is 240 g/mol. The first kappa shape index (κ1) is 12.2. The van der Waals surface area contributed by atoms with Gasteiger partial charge in [0.25, 0.3) is 5.56 Å². The average Bonchev–Trinajstić information content (AvgIpc) is 3.04. The van der Waals surface area contributed by atoms with Crippen LogP contribution in [-0.2, 0) is 6.54 Å². The van der Waals surface area contributed by atoms with E-state index in [0.717, 1.165) is 17.4 Å². The molecule has 17 heavy (non-hydrogen) atoms. The summed E-state index contributed by atoms with van der Waals surface area (Å²) in [7, 11) is 0. The molecule has 0 amide bonds. The fourth-order valence-corrected chi connectivity index (χ4v) is 2.53. The van der Waals surface area contributed by atoms with Crippen molar-refractivity contribution in [2.75, 3.05) is 6.26 Å². The van der Waals surface area contributed by atoms with Crippen LogP contribution in [0.5, 0.6) is 0 Å². The summed E-state index contributed by atoms with van der Waals surface area (Å²) in [5.41, 5.74) is -0.886. The lowest BCUT2D eigenvalue weighted by molar-refractivity contribution is 0.101. The average molecular weight is 254 g/mol. The standard InChI is InChI=1S/C11H14N2O3S/c1-7(14)8-5-12-10(16)13(9(8)15)6-11(17-2)3-4-11/h5H,3-4,6H2,1-2H3,(H,12,16). The van der Waals surface area contributed by atoms with Crippen LogP contribution in [0.1, 0.15) is 30.1 Å². The van der Waals surface area contributed by atoms with Crippen molar-refractivity contribution < 1.29 is 4.79 Å². The molecule has 1 saturated carbocycles. The molecule has 1 aliphatic rings. The number of aromatic amines is 1. The Labute approximate surface area is 102 Å². The number of thioether (sulfide) groups is 1. The van der Waals surface area contributed by atoms with Gasteiger partial charge in [-0.3, -0.25) is 14.2 Å². The van der Waals surface area contributed by atoms with Crippen LogP contribution in [0.15, 0.2) is 15.8 Å². The van der Waals surface area contributed by atoms with E-state index in [1.165, 1.54) is 13.1 Å². The number of aromatic nitrogens is 2. The number of carbonyl (C=O) groups is 1. The van der Waals surface area contributed by atoms with Crippen LogP contribution in [0, 0.1) is 0 Å². The number of rotatable bonds is 4. The van der Waals surface area contributed by atoms with E-state index in [1.807, 2.05) is 6.26 Å². The van der Waals surface area contributed by atoms with Crippen molar-refractivity contribution in [3.8, 4) is 0 Å². The van der Waals surface area contributed by atoms with Crippen LogP contribution in [0.2, 0.25) is 0 Å². The number of H-pyrrole nitrogens is 1. The highest BCUT2D eigenvalue weighted by Crippen LogP contribution is 2.47. The number of ketones is 1. The summed E-state index contributed by atoms with van der Waals surface area (Å²) in [6, 6.07) is 0. The topological polar surface area (TPSA) is 71.9 Å². The van der Waals surface area contributed by atoms with Gasteiger partial charge in [-0.05, 0) is 26.0 Å². The molecule has 0 atom stereocenters. The third-order valence-electron chi connectivity index (χ3n) is 3.13. The van der Waals surface area contributed by atoms with E-state index in [2.05, 4.69) is 4.98 Å². The molecule has 0 spiro atoms. The number of hydrogen-bond acceptors (Lipinski definition) is 4. The van der Waals surface area contributed by atoms with Crippen molar-refractivity contribution in [3.63, 3.8) is 0 Å². The SMILES string of the molecule is CSC1(Cn2c(=O)[nH]cc(C(C)=O)c2=O)CC1. The van der Waals surface area contributed by atoms with E-state index in [0.29, 0.717) is 6.54 Å². The molecule has 5 nitrogen and oxygen atoms in total. The number of carbonyl (C=O) groups excluding carboxylic acids is 1. The summed E-state index contributed by atoms with van der Waals surface area (Å²) in [5.74, 6) is -0.325. The van der Waals surface area contributed by atoms with Crippen molar-refractivity contribution in [2.24, 2.45) is 0 Å². The molecule has 0 aromatic carbocycles. The third kappa shape index (κ3) is 2.22. The van der Waals surface area contributed by atoms with Crippen LogP contribution >= 0.6 is 11.8 Å². The Morgan fingerprint density at radius 1 is 1.53 bits per heavy atom. The van der Waals surface area contributed by atoms with Gasteiger partial charge >= 0.3 is 5.69 Å². The maximum atomic E-state index is 12.0. The second-order valence-corrected chi connectivity index (χ2v) is 5.62. The van der Waals surface area contributed by atoms with Gasteiger partial charge in [0, 0.05) is 17.5 Å². The predicted octanol–water partition coefficient (Wildman–Crippen LogP) is 0.635. The summed E-state index contributed by atoms with van der Waals surface area (Å²) >= 11 is 1.67. The largest absolute Gasteiger partial charge is 0.328 e. The Morgan fingerprint density at radius 2 is 2.18 bits per heavy atom. The molecular formula is C11H14N2O3S. The number of hydrogen-bond donors (Lipinski definition) is 1. The summed E-state index contributed by atoms with van der Waals surface area (Å²) < 4.78 is 1.15. The molecule has 0 bridgehead atoms. The summed E-state index contributed by atoms with van der Waals surface area (Å²) in [5, 5.41) is 0. The van der Waals surface area contributed by atoms with Crippen LogP contribution in [0.25, 0.3) is 0 Å². The lowest BCUT2D eigenvalue weighted by Gasteiger charge is -2.13. The first-order valence-electron chi connectivity index (χ1n) is 5.38. The second-order valence-electron chi connectivity index (χ2n) is 4.34. The van der Waals surface area contributed by atoms with Gasteiger partial charge in [0.15, 0.2) is 5.78 Å². The van der Waals surface area contributed by atoms with Crippen molar-refractivity contribution in [3.05, 3.63) is 32.6 Å². The smallest absolute Gasteiger partial charge is 0.313 e. The van der Waals surface area contributed by atoms with E-state index in [4.69, 9.17) is 0 Å². The van der Waals surface area contributed by atoms with Crippen LogP contribution < -0.4 is 11.2 Å². The molecule has 2 rings (SSSR count). The first-order valence-corrected chi connectivity index (χ1v) is 6.60. The number of nitrogens with one attached hydrogen (secondary N) is 1. The maximum Gasteiger partial charge on any atom is 0.328 e. The van der Waals surface area contributed by atoms with Crippen molar-refractivity contribution >= 4 is 17.5 Å². The predicted molar refractivity (Wildman–Crippen MR) is 66.8 cm³/mol. The highest BCUT2D eigenvalue weighted by molar-refractivity contribution is 8.00. The number of nitrogens with zero attached hydrogens (tertiary/aromatic N) is 1. The summed E-state index contributed by atoms with van der Waals surface area (Å²) in [6.45, 7) is 1.70. The third-order valence-corrected chi connectivity index (χ3v) is 4.53. The lowest BCUT2D eigenvalue weighted by atomic mass is 10.2. The van der Waals surface area contributed by atoms with E-state index in [-0.39, 0.29) is 16.1 Å². The van der Waals surface area contributed by atoms with E-state index in [1.54, 1.807) is 11.8 Å². The normalized spacial score (nSPS) is 16.8. The van der Waals surface area contributed by atoms with Gasteiger partial charge < -0.3 is 4.98 Å². The van der Waals surface area contributed by atoms with Gasteiger partial charge in [-0.25, -0.2) is 4.79 Å². The van der Waals surface area contributed by atoms with Gasteiger partial charge in [-0.2, -0.15) is 11.8 Å². The fraction of sp³-hybridized carbons (Fsp3) is 0.545. The Kier molecular flexibility index (Phi) is 2.99. The van der Waals surface area contributed by atoms with Gasteiger partial charge in [-0.15, -0.1) is 0 Å². The van der Waals surface area contributed by atoms with Crippen molar-refractivity contribution in [2.45, 2.75) is 31.1 Å². The zero-order valence-corrected chi connectivity index (χ0v) is 10.6. The lowest BCUT2D eigenvalue weighted by Crippen LogP contribution is -2.40. The number of Topliss-reactive ketones (excluding diaryl/α,β-unsaturated/α-hetero) is 1. The second kappa shape index (κ2) is 4.18. The molecule has 92 valence electrons. The minimum atomic E-state index is -0.485. The molecule has 1 aromatic rings. The minimum absolute atomic E-state index is 0.00619. The highest BCUT2D eigenvalue weighted by atomic mass is 32.2. The zero-order chi connectivity index (χ0) is 12.6. The first-order chi connectivity index (χ1) is 7.99. The van der Waals surface area contributed by atoms with E-state index in [9.17, 15) is 14.4 Å². The summed E-state index contributed by atoms with van der Waals surface area (Å²) in [6.07, 6.45) is 5.18. The van der Waals surface area contributed by atoms with Crippen LogP contribution in [-0.4, -0.2) is 26.3 Å². The molecule has 1 N–H and O–H groups in total. The zero-order valence-electron chi connectivity index (χ0n) is 9.78. The Balaban J connectivity index is 2.46.